The highest BCUT2D eigenvalue weighted by molar-refractivity contribution is 7.92. The lowest BCUT2D eigenvalue weighted by Gasteiger charge is -2.25. The van der Waals surface area contributed by atoms with E-state index in [2.05, 4.69) is 10.5 Å². The molecule has 0 aliphatic rings. The van der Waals surface area contributed by atoms with Gasteiger partial charge in [-0.25, -0.2) is 13.8 Å². The highest BCUT2D eigenvalue weighted by atomic mass is 35.5. The van der Waals surface area contributed by atoms with Crippen LogP contribution in [0.5, 0.6) is 5.75 Å². The number of rotatable bonds is 9. The first-order valence-electron chi connectivity index (χ1n) is 10.2. The summed E-state index contributed by atoms with van der Waals surface area (Å²) in [5.74, 6) is 0.143. The van der Waals surface area contributed by atoms with Gasteiger partial charge in [-0.2, -0.15) is 5.10 Å². The fourth-order valence-electron chi connectivity index (χ4n) is 3.08. The van der Waals surface area contributed by atoms with Crippen LogP contribution in [0.2, 0.25) is 5.02 Å². The number of amides is 1. The van der Waals surface area contributed by atoms with E-state index >= 15 is 0 Å². The van der Waals surface area contributed by atoms with Gasteiger partial charge < -0.3 is 4.74 Å². The van der Waals surface area contributed by atoms with E-state index in [1.165, 1.54) is 18.3 Å². The normalized spacial score (nSPS) is 11.4. The van der Waals surface area contributed by atoms with Gasteiger partial charge in [-0.15, -0.1) is 0 Å². The van der Waals surface area contributed by atoms with Crippen LogP contribution in [-0.4, -0.2) is 33.7 Å². The smallest absolute Gasteiger partial charge is 0.264 e. The van der Waals surface area contributed by atoms with Gasteiger partial charge in [0.2, 0.25) is 0 Å². The lowest BCUT2D eigenvalue weighted by atomic mass is 10.2. The second-order valence-corrected chi connectivity index (χ2v) is 9.35. The molecule has 0 bridgehead atoms. The molecule has 0 heterocycles. The Morgan fingerprint density at radius 2 is 1.79 bits per heavy atom. The van der Waals surface area contributed by atoms with Crippen LogP contribution < -0.4 is 14.5 Å². The van der Waals surface area contributed by atoms with Crippen LogP contribution in [0.25, 0.3) is 0 Å². The zero-order valence-electron chi connectivity index (χ0n) is 18.2. The van der Waals surface area contributed by atoms with Crippen molar-refractivity contribution < 1.29 is 17.9 Å². The summed E-state index contributed by atoms with van der Waals surface area (Å²) in [4.78, 5) is 12.7. The third-order valence-electron chi connectivity index (χ3n) is 4.64. The third-order valence-corrected chi connectivity index (χ3v) is 6.65. The Kier molecular flexibility index (Phi) is 8.08. The Bertz CT molecular complexity index is 1230. The molecule has 3 aromatic carbocycles. The Morgan fingerprint density at radius 3 is 2.42 bits per heavy atom. The number of hydrogen-bond acceptors (Lipinski definition) is 5. The summed E-state index contributed by atoms with van der Waals surface area (Å²) in [7, 11) is -4.01. The van der Waals surface area contributed by atoms with Gasteiger partial charge in [0.15, 0.2) is 0 Å². The van der Waals surface area contributed by atoms with E-state index in [1.807, 2.05) is 6.92 Å². The molecule has 0 fully saturated rings. The number of hydrogen-bond donors (Lipinski definition) is 1. The van der Waals surface area contributed by atoms with Crippen molar-refractivity contribution in [1.82, 2.24) is 5.43 Å². The summed E-state index contributed by atoms with van der Waals surface area (Å²) in [6.45, 7) is 3.74. The van der Waals surface area contributed by atoms with Gasteiger partial charge in [0.25, 0.3) is 15.9 Å². The molecule has 0 saturated carbocycles. The van der Waals surface area contributed by atoms with Crippen molar-refractivity contribution >= 4 is 39.4 Å². The van der Waals surface area contributed by atoms with E-state index in [-0.39, 0.29) is 4.90 Å². The summed E-state index contributed by atoms with van der Waals surface area (Å²) in [6, 6.07) is 19.9. The lowest BCUT2D eigenvalue weighted by molar-refractivity contribution is -0.119. The molecule has 0 aliphatic carbocycles. The van der Waals surface area contributed by atoms with Crippen LogP contribution >= 0.6 is 11.6 Å². The highest BCUT2D eigenvalue weighted by Crippen LogP contribution is 2.28. The molecule has 1 amide bonds. The molecule has 3 rings (SSSR count). The zero-order chi connectivity index (χ0) is 23.8. The van der Waals surface area contributed by atoms with Crippen molar-refractivity contribution in [3.8, 4) is 5.75 Å². The summed E-state index contributed by atoms with van der Waals surface area (Å²) in [5, 5.41) is 4.42. The number of carbonyl (C=O) groups excluding carboxylic acids is 1. The number of nitrogens with one attached hydrogen (secondary N) is 1. The van der Waals surface area contributed by atoms with Gasteiger partial charge in [-0.1, -0.05) is 29.8 Å². The number of nitrogens with zero attached hydrogens (tertiary/aromatic N) is 2. The van der Waals surface area contributed by atoms with Crippen LogP contribution in [0.3, 0.4) is 0 Å². The fraction of sp³-hybridized carbons (Fsp3) is 0.167. The molecule has 0 radical (unpaired) electrons. The van der Waals surface area contributed by atoms with Crippen molar-refractivity contribution in [1.29, 1.82) is 0 Å². The molecule has 1 N–H and O–H groups in total. The van der Waals surface area contributed by atoms with Gasteiger partial charge in [0.1, 0.15) is 12.3 Å². The Hall–Kier alpha value is -3.36. The second kappa shape index (κ2) is 11.0. The van der Waals surface area contributed by atoms with E-state index in [0.29, 0.717) is 22.9 Å². The number of aryl methyl sites for hydroxylation is 1. The first kappa shape index (κ1) is 24.3. The molecule has 7 nitrogen and oxygen atoms in total. The van der Waals surface area contributed by atoms with Crippen LogP contribution in [0.15, 0.2) is 82.8 Å². The van der Waals surface area contributed by atoms with Crippen molar-refractivity contribution in [3.63, 3.8) is 0 Å². The summed E-state index contributed by atoms with van der Waals surface area (Å²) in [5.41, 5.74) is 4.12. The summed E-state index contributed by atoms with van der Waals surface area (Å²) in [6.07, 6.45) is 1.47. The van der Waals surface area contributed by atoms with Crippen LogP contribution in [0, 0.1) is 6.92 Å². The lowest BCUT2D eigenvalue weighted by Crippen LogP contribution is -2.40. The molecule has 33 heavy (non-hydrogen) atoms. The van der Waals surface area contributed by atoms with E-state index in [1.54, 1.807) is 67.6 Å². The van der Waals surface area contributed by atoms with E-state index in [4.69, 9.17) is 16.3 Å². The minimum atomic E-state index is -4.01. The zero-order valence-corrected chi connectivity index (χ0v) is 19.8. The Morgan fingerprint density at radius 1 is 1.09 bits per heavy atom. The Balaban J connectivity index is 1.80. The number of anilines is 1. The first-order valence-corrected chi connectivity index (χ1v) is 12.0. The average molecular weight is 486 g/mol. The minimum Gasteiger partial charge on any atom is -0.494 e. The van der Waals surface area contributed by atoms with E-state index in [9.17, 15) is 13.2 Å². The van der Waals surface area contributed by atoms with Crippen molar-refractivity contribution in [2.24, 2.45) is 5.10 Å². The monoisotopic (exact) mass is 485 g/mol. The topological polar surface area (TPSA) is 88.1 Å². The van der Waals surface area contributed by atoms with Gasteiger partial charge >= 0.3 is 0 Å². The largest absolute Gasteiger partial charge is 0.494 e. The Labute approximate surface area is 198 Å². The number of halogens is 1. The quantitative estimate of drug-likeness (QED) is 0.359. The second-order valence-electron chi connectivity index (χ2n) is 7.05. The number of hydrazone groups is 1. The van der Waals surface area contributed by atoms with E-state index < -0.39 is 22.5 Å². The highest BCUT2D eigenvalue weighted by Gasteiger charge is 2.28. The molecule has 0 aliphatic heterocycles. The van der Waals surface area contributed by atoms with Crippen LogP contribution in [-0.2, 0) is 14.8 Å². The summed E-state index contributed by atoms with van der Waals surface area (Å²) >= 11 is 6.04. The SMILES string of the molecule is CCOc1ccc(/C=N\NC(=O)CN(c2ccc(Cl)cc2C)S(=O)(=O)c2ccccc2)cc1. The molecule has 0 saturated heterocycles. The van der Waals surface area contributed by atoms with Crippen molar-refractivity contribution in [2.45, 2.75) is 18.7 Å². The number of sulfonamides is 1. The molecule has 3 aromatic rings. The van der Waals surface area contributed by atoms with Gasteiger partial charge in [0, 0.05) is 5.02 Å². The molecule has 0 spiro atoms. The molecule has 172 valence electrons. The number of carbonyl (C=O) groups is 1. The number of ether oxygens (including phenoxy) is 1. The maximum absolute atomic E-state index is 13.3. The van der Waals surface area contributed by atoms with E-state index in [0.717, 1.165) is 15.6 Å². The molecule has 0 atom stereocenters. The van der Waals surface area contributed by atoms with Gasteiger partial charge in [-0.3, -0.25) is 9.10 Å². The molecular formula is C24H24ClN3O4S. The molecule has 0 unspecified atom stereocenters. The molecule has 9 heteroatoms. The fourth-order valence-corrected chi connectivity index (χ4v) is 4.81. The number of benzene rings is 3. The van der Waals surface area contributed by atoms with Crippen molar-refractivity contribution in [2.75, 3.05) is 17.5 Å². The maximum Gasteiger partial charge on any atom is 0.264 e. The third kappa shape index (κ3) is 6.34. The molecule has 0 aromatic heterocycles. The molecular weight excluding hydrogens is 462 g/mol. The maximum atomic E-state index is 13.3. The first-order chi connectivity index (χ1) is 15.8. The predicted octanol–water partition coefficient (Wildman–Crippen LogP) is 4.39. The minimum absolute atomic E-state index is 0.0741. The van der Waals surface area contributed by atoms with Crippen LogP contribution in [0.4, 0.5) is 5.69 Å². The van der Waals surface area contributed by atoms with Gasteiger partial charge in [-0.05, 0) is 79.6 Å². The summed E-state index contributed by atoms with van der Waals surface area (Å²) < 4.78 is 33.1. The van der Waals surface area contributed by atoms with Crippen molar-refractivity contribution in [3.05, 3.63) is 88.9 Å². The standard InChI is InChI=1S/C24H24ClN3O4S/c1-3-32-21-12-9-19(10-13-21)16-26-27-24(29)17-28(23-14-11-20(25)15-18(23)2)33(30,31)22-7-5-4-6-8-22/h4-16H,3,17H2,1-2H3,(H,27,29)/b26-16-. The average Bonchev–Trinajstić information content (AvgIpc) is 2.80. The van der Waals surface area contributed by atoms with Crippen LogP contribution in [0.1, 0.15) is 18.1 Å². The van der Waals surface area contributed by atoms with Gasteiger partial charge in [0.05, 0.1) is 23.4 Å². The predicted molar refractivity (Wildman–Crippen MR) is 131 cm³/mol.